The molecule has 2 heterocycles. The van der Waals surface area contributed by atoms with E-state index < -0.39 is 10.0 Å². The van der Waals surface area contributed by atoms with Gasteiger partial charge in [-0.05, 0) is 36.2 Å². The van der Waals surface area contributed by atoms with Gasteiger partial charge in [0.15, 0.2) is 11.5 Å². The molecule has 0 saturated carbocycles. The van der Waals surface area contributed by atoms with E-state index in [2.05, 4.69) is 15.0 Å². The minimum atomic E-state index is -3.33. The highest BCUT2D eigenvalue weighted by molar-refractivity contribution is 7.92. The molecule has 3 rings (SSSR count). The number of fused-ring (bicyclic) bond motifs is 1. The predicted octanol–water partition coefficient (Wildman–Crippen LogP) is 2.96. The summed E-state index contributed by atoms with van der Waals surface area (Å²) in [6.45, 7) is 2.81. The van der Waals surface area contributed by atoms with Crippen molar-refractivity contribution in [2.24, 2.45) is 0 Å². The van der Waals surface area contributed by atoms with E-state index in [0.717, 1.165) is 29.2 Å². The van der Waals surface area contributed by atoms with Crippen molar-refractivity contribution >= 4 is 21.5 Å². The lowest BCUT2D eigenvalue weighted by atomic mass is 10.2. The van der Waals surface area contributed by atoms with Crippen LogP contribution in [0.3, 0.4) is 0 Å². The minimum absolute atomic E-state index is 0.106. The number of unbranched alkanes of at least 4 members (excludes halogenated alkanes) is 1. The third kappa shape index (κ3) is 4.76. The Bertz CT molecular complexity index is 822. The summed E-state index contributed by atoms with van der Waals surface area (Å²) in [5, 5.41) is 3.24. The van der Waals surface area contributed by atoms with Crippen LogP contribution in [0.15, 0.2) is 36.5 Å². The summed E-state index contributed by atoms with van der Waals surface area (Å²) in [5.74, 6) is 1.93. The highest BCUT2D eigenvalue weighted by atomic mass is 32.2. The molecule has 0 radical (unpaired) electrons. The predicted molar refractivity (Wildman–Crippen MR) is 96.4 cm³/mol. The second-order valence-corrected chi connectivity index (χ2v) is 7.59. The molecule has 0 spiro atoms. The number of nitrogens with zero attached hydrogens (tertiary/aromatic N) is 1. The Morgan fingerprint density at radius 1 is 1.16 bits per heavy atom. The molecule has 25 heavy (non-hydrogen) atoms. The van der Waals surface area contributed by atoms with E-state index in [1.165, 1.54) is 0 Å². The summed E-state index contributed by atoms with van der Waals surface area (Å²) in [7, 11) is -3.33. The molecule has 2 aromatic rings. The maximum atomic E-state index is 11.9. The van der Waals surface area contributed by atoms with Crippen LogP contribution in [0.4, 0.5) is 11.5 Å². The van der Waals surface area contributed by atoms with Crippen LogP contribution in [-0.4, -0.2) is 25.9 Å². The lowest BCUT2D eigenvalue weighted by Crippen LogP contribution is -2.17. The van der Waals surface area contributed by atoms with Crippen molar-refractivity contribution in [1.82, 2.24) is 4.98 Å². The average molecular weight is 363 g/mol. The van der Waals surface area contributed by atoms with E-state index in [1.54, 1.807) is 18.3 Å². The molecule has 1 aliphatic rings. The van der Waals surface area contributed by atoms with Gasteiger partial charge in [0.25, 0.3) is 0 Å². The average Bonchev–Trinajstić information content (AvgIpc) is 3.07. The highest BCUT2D eigenvalue weighted by Gasteiger charge is 2.13. The van der Waals surface area contributed by atoms with Gasteiger partial charge in [0.1, 0.15) is 5.82 Å². The lowest BCUT2D eigenvalue weighted by Gasteiger charge is -2.09. The Morgan fingerprint density at radius 2 is 2.00 bits per heavy atom. The second kappa shape index (κ2) is 7.60. The molecule has 2 N–H and O–H groups in total. The number of pyridine rings is 1. The summed E-state index contributed by atoms with van der Waals surface area (Å²) >= 11 is 0. The molecule has 8 heteroatoms. The smallest absolute Gasteiger partial charge is 0.233 e. The first-order valence-electron chi connectivity index (χ1n) is 8.15. The molecule has 0 bridgehead atoms. The zero-order chi connectivity index (χ0) is 17.7. The van der Waals surface area contributed by atoms with Crippen LogP contribution >= 0.6 is 0 Å². The van der Waals surface area contributed by atoms with Crippen molar-refractivity contribution in [2.45, 2.75) is 26.3 Å². The van der Waals surface area contributed by atoms with Gasteiger partial charge in [-0.15, -0.1) is 0 Å². The van der Waals surface area contributed by atoms with Gasteiger partial charge in [-0.2, -0.15) is 0 Å². The molecular formula is C17H21N3O4S. The maximum Gasteiger partial charge on any atom is 0.233 e. The zero-order valence-corrected chi connectivity index (χ0v) is 14.8. The third-order valence-electron chi connectivity index (χ3n) is 3.72. The Hall–Kier alpha value is -2.48. The van der Waals surface area contributed by atoms with Crippen LogP contribution in [0, 0.1) is 0 Å². The van der Waals surface area contributed by atoms with Gasteiger partial charge in [0.2, 0.25) is 16.8 Å². The SMILES string of the molecule is CCCCS(=O)(=O)Nc1ccc(NCc2ccc3c(c2)OCO3)cn1. The molecular weight excluding hydrogens is 342 g/mol. The summed E-state index contributed by atoms with van der Waals surface area (Å²) < 4.78 is 36.8. The lowest BCUT2D eigenvalue weighted by molar-refractivity contribution is 0.174. The van der Waals surface area contributed by atoms with E-state index >= 15 is 0 Å². The van der Waals surface area contributed by atoms with Crippen LogP contribution in [0.5, 0.6) is 11.5 Å². The first-order valence-corrected chi connectivity index (χ1v) is 9.80. The van der Waals surface area contributed by atoms with Crippen molar-refractivity contribution in [3.8, 4) is 11.5 Å². The summed E-state index contributed by atoms with van der Waals surface area (Å²) in [6, 6.07) is 9.21. The number of nitrogens with one attached hydrogen (secondary N) is 2. The topological polar surface area (TPSA) is 89.6 Å². The first kappa shape index (κ1) is 17.3. The first-order chi connectivity index (χ1) is 12.1. The largest absolute Gasteiger partial charge is 0.454 e. The van der Waals surface area contributed by atoms with E-state index in [1.807, 2.05) is 25.1 Å². The van der Waals surface area contributed by atoms with Gasteiger partial charge >= 0.3 is 0 Å². The molecule has 0 atom stereocenters. The number of sulfonamides is 1. The molecule has 1 aromatic carbocycles. The van der Waals surface area contributed by atoms with Crippen molar-refractivity contribution in [2.75, 3.05) is 22.6 Å². The number of anilines is 2. The molecule has 0 aliphatic carbocycles. The summed E-state index contributed by atoms with van der Waals surface area (Å²) in [4.78, 5) is 4.14. The van der Waals surface area contributed by atoms with E-state index in [-0.39, 0.29) is 12.5 Å². The van der Waals surface area contributed by atoms with Crippen molar-refractivity contribution in [1.29, 1.82) is 0 Å². The normalized spacial score (nSPS) is 12.8. The molecule has 134 valence electrons. The number of aromatic nitrogens is 1. The molecule has 0 amide bonds. The molecule has 7 nitrogen and oxygen atoms in total. The Balaban J connectivity index is 1.56. The quantitative estimate of drug-likeness (QED) is 0.749. The van der Waals surface area contributed by atoms with Crippen LogP contribution in [0.1, 0.15) is 25.3 Å². The van der Waals surface area contributed by atoms with Crippen LogP contribution < -0.4 is 19.5 Å². The monoisotopic (exact) mass is 363 g/mol. The fraction of sp³-hybridized carbons (Fsp3) is 0.353. The fourth-order valence-corrected chi connectivity index (χ4v) is 3.57. The van der Waals surface area contributed by atoms with Gasteiger partial charge in [0, 0.05) is 6.54 Å². The third-order valence-corrected chi connectivity index (χ3v) is 5.07. The van der Waals surface area contributed by atoms with Crippen molar-refractivity contribution < 1.29 is 17.9 Å². The number of hydrogen-bond acceptors (Lipinski definition) is 6. The Morgan fingerprint density at radius 3 is 2.76 bits per heavy atom. The molecule has 0 saturated heterocycles. The van der Waals surface area contributed by atoms with E-state index in [9.17, 15) is 8.42 Å². The highest BCUT2D eigenvalue weighted by Crippen LogP contribution is 2.32. The number of hydrogen-bond donors (Lipinski definition) is 2. The fourth-order valence-electron chi connectivity index (χ4n) is 2.36. The van der Waals surface area contributed by atoms with E-state index in [4.69, 9.17) is 9.47 Å². The molecule has 0 unspecified atom stereocenters. The van der Waals surface area contributed by atoms with Gasteiger partial charge in [0.05, 0.1) is 17.6 Å². The molecule has 1 aliphatic heterocycles. The summed E-state index contributed by atoms with van der Waals surface area (Å²) in [5.41, 5.74) is 1.85. The maximum absolute atomic E-state index is 11.9. The second-order valence-electron chi connectivity index (χ2n) is 5.75. The number of rotatable bonds is 8. The zero-order valence-electron chi connectivity index (χ0n) is 14.0. The van der Waals surface area contributed by atoms with Crippen molar-refractivity contribution in [3.05, 3.63) is 42.1 Å². The number of benzene rings is 1. The Kier molecular flexibility index (Phi) is 5.28. The minimum Gasteiger partial charge on any atom is -0.454 e. The van der Waals surface area contributed by atoms with Gasteiger partial charge in [-0.3, -0.25) is 4.72 Å². The van der Waals surface area contributed by atoms with Crippen LogP contribution in [0.25, 0.3) is 0 Å². The van der Waals surface area contributed by atoms with Crippen LogP contribution in [-0.2, 0) is 16.6 Å². The Labute approximate surface area is 147 Å². The molecule has 1 aromatic heterocycles. The van der Waals surface area contributed by atoms with Crippen LogP contribution in [0.2, 0.25) is 0 Å². The standard InChI is InChI=1S/C17H21N3O4S/c1-2-3-8-25(21,22)20-17-7-5-14(11-19-17)18-10-13-4-6-15-16(9-13)24-12-23-15/h4-7,9,11,18H,2-3,8,10,12H2,1H3,(H,19,20). The van der Waals surface area contributed by atoms with Gasteiger partial charge in [-0.1, -0.05) is 19.4 Å². The van der Waals surface area contributed by atoms with E-state index in [0.29, 0.717) is 18.8 Å². The number of ether oxygens (including phenoxy) is 2. The van der Waals surface area contributed by atoms with Crippen molar-refractivity contribution in [3.63, 3.8) is 0 Å². The summed E-state index contributed by atoms with van der Waals surface area (Å²) in [6.07, 6.45) is 3.06. The van der Waals surface area contributed by atoms with Gasteiger partial charge in [-0.25, -0.2) is 13.4 Å². The van der Waals surface area contributed by atoms with Gasteiger partial charge < -0.3 is 14.8 Å². The molecule has 0 fully saturated rings.